The van der Waals surface area contributed by atoms with E-state index in [4.69, 9.17) is 16.3 Å². The Balaban J connectivity index is 2.89. The minimum absolute atomic E-state index is 0.0731. The highest BCUT2D eigenvalue weighted by molar-refractivity contribution is 7.98. The number of rotatable bonds is 6. The number of alkyl carbamates (subject to hydrolysis) is 1. The third-order valence-corrected chi connectivity index (χ3v) is 5.15. The highest BCUT2D eigenvalue weighted by atomic mass is 35.5. The molecule has 1 rings (SSSR count). The molecule has 5 nitrogen and oxygen atoms in total. The van der Waals surface area contributed by atoms with Crippen molar-refractivity contribution in [1.29, 1.82) is 0 Å². The summed E-state index contributed by atoms with van der Waals surface area (Å²) in [5.74, 6) is -0.197. The zero-order valence-corrected chi connectivity index (χ0v) is 18.1. The second-order valence-electron chi connectivity index (χ2n) is 7.73. The summed E-state index contributed by atoms with van der Waals surface area (Å²) in [6.45, 7) is 11.5. The number of carbonyl (C=O) groups excluding carboxylic acids is 2. The van der Waals surface area contributed by atoms with E-state index in [1.54, 1.807) is 44.7 Å². The fourth-order valence-corrected chi connectivity index (χ4v) is 2.74. The maximum absolute atomic E-state index is 12.8. The van der Waals surface area contributed by atoms with E-state index in [0.29, 0.717) is 10.6 Å². The molecule has 0 aliphatic heterocycles. The van der Waals surface area contributed by atoms with Crippen LogP contribution in [-0.4, -0.2) is 35.9 Å². The van der Waals surface area contributed by atoms with E-state index in [9.17, 15) is 9.59 Å². The number of halogens is 1. The number of hydrogen-bond donors (Lipinski definition) is 2. The summed E-state index contributed by atoms with van der Waals surface area (Å²) in [6, 6.07) is 5.35. The van der Waals surface area contributed by atoms with Gasteiger partial charge in [0.2, 0.25) is 0 Å². The predicted octanol–water partition coefficient (Wildman–Crippen LogP) is 4.73. The minimum Gasteiger partial charge on any atom is -0.444 e. The number of ether oxygens (including phenoxy) is 1. The quantitative estimate of drug-likeness (QED) is 0.677. The first-order valence-corrected chi connectivity index (χ1v) is 10.1. The number of benzene rings is 1. The molecular formula is C19H29ClN2O3S. The summed E-state index contributed by atoms with van der Waals surface area (Å²) in [5, 5.41) is 6.15. The Hall–Kier alpha value is -1.40. The molecule has 0 aromatic heterocycles. The lowest BCUT2D eigenvalue weighted by molar-refractivity contribution is 0.0497. The van der Waals surface area contributed by atoms with Crippen LogP contribution in [0.2, 0.25) is 5.02 Å². The first-order chi connectivity index (χ1) is 11.9. The lowest BCUT2D eigenvalue weighted by Crippen LogP contribution is -2.57. The van der Waals surface area contributed by atoms with Gasteiger partial charge in [-0.05, 0) is 58.1 Å². The van der Waals surface area contributed by atoms with Gasteiger partial charge in [0.25, 0.3) is 5.91 Å². The first kappa shape index (κ1) is 22.6. The van der Waals surface area contributed by atoms with Gasteiger partial charge < -0.3 is 15.4 Å². The van der Waals surface area contributed by atoms with Crippen molar-refractivity contribution in [3.8, 4) is 0 Å². The molecule has 0 saturated carbocycles. The van der Waals surface area contributed by atoms with Crippen LogP contribution in [0.15, 0.2) is 23.1 Å². The Kier molecular flexibility index (Phi) is 7.84. The Labute approximate surface area is 165 Å². The average molecular weight is 401 g/mol. The zero-order valence-electron chi connectivity index (χ0n) is 16.5. The van der Waals surface area contributed by atoms with E-state index in [1.165, 1.54) is 0 Å². The Morgan fingerprint density at radius 1 is 1.23 bits per heavy atom. The number of thioether (sulfide) groups is 1. The van der Waals surface area contributed by atoms with Crippen LogP contribution in [-0.2, 0) is 4.74 Å². The molecule has 1 aromatic carbocycles. The number of nitrogens with one attached hydrogen (secondary N) is 2. The molecular weight excluding hydrogens is 372 g/mol. The molecule has 0 aliphatic carbocycles. The number of hydrogen-bond acceptors (Lipinski definition) is 4. The fraction of sp³-hybridized carbons (Fsp3) is 0.579. The summed E-state index contributed by atoms with van der Waals surface area (Å²) >= 11 is 7.74. The van der Waals surface area contributed by atoms with Crippen LogP contribution in [0.25, 0.3) is 0 Å². The van der Waals surface area contributed by atoms with Crippen molar-refractivity contribution >= 4 is 35.4 Å². The Morgan fingerprint density at radius 3 is 2.35 bits per heavy atom. The Morgan fingerprint density at radius 2 is 1.85 bits per heavy atom. The number of carbonyl (C=O) groups is 2. The van der Waals surface area contributed by atoms with Crippen LogP contribution in [0.4, 0.5) is 4.79 Å². The average Bonchev–Trinajstić information content (AvgIpc) is 2.51. The minimum atomic E-state index is -0.660. The molecule has 0 spiro atoms. The van der Waals surface area contributed by atoms with E-state index in [2.05, 4.69) is 10.6 Å². The van der Waals surface area contributed by atoms with E-state index in [-0.39, 0.29) is 18.4 Å². The highest BCUT2D eigenvalue weighted by Gasteiger charge is 2.32. The molecule has 0 saturated heterocycles. The van der Waals surface area contributed by atoms with Gasteiger partial charge in [-0.3, -0.25) is 4.79 Å². The molecule has 7 heteroatoms. The van der Waals surface area contributed by atoms with Crippen molar-refractivity contribution in [2.75, 3.05) is 12.8 Å². The smallest absolute Gasteiger partial charge is 0.407 e. The predicted molar refractivity (Wildman–Crippen MR) is 108 cm³/mol. The van der Waals surface area contributed by atoms with Gasteiger partial charge in [0.05, 0.1) is 16.1 Å². The zero-order chi connectivity index (χ0) is 20.1. The van der Waals surface area contributed by atoms with Gasteiger partial charge >= 0.3 is 6.09 Å². The van der Waals surface area contributed by atoms with Gasteiger partial charge in [-0.15, -0.1) is 11.8 Å². The van der Waals surface area contributed by atoms with Gasteiger partial charge in [0.15, 0.2) is 0 Å². The maximum atomic E-state index is 12.8. The highest BCUT2D eigenvalue weighted by Crippen LogP contribution is 2.24. The van der Waals surface area contributed by atoms with E-state index in [1.807, 2.05) is 33.1 Å². The van der Waals surface area contributed by atoms with E-state index < -0.39 is 17.2 Å². The van der Waals surface area contributed by atoms with Crippen molar-refractivity contribution in [3.63, 3.8) is 0 Å². The molecule has 0 bridgehead atoms. The van der Waals surface area contributed by atoms with Crippen LogP contribution < -0.4 is 10.6 Å². The van der Waals surface area contributed by atoms with Crippen molar-refractivity contribution in [2.45, 2.75) is 57.6 Å². The SMILES string of the molecule is CSc1ccc(Cl)c(C(=O)NC(C)(CNC(=O)OC(C)(C)C)C(C)C)c1. The summed E-state index contributed by atoms with van der Waals surface area (Å²) in [6.07, 6.45) is 1.43. The third kappa shape index (κ3) is 6.72. The van der Waals surface area contributed by atoms with Crippen molar-refractivity contribution in [1.82, 2.24) is 10.6 Å². The molecule has 1 unspecified atom stereocenters. The Bertz CT molecular complexity index is 659. The molecule has 2 N–H and O–H groups in total. The van der Waals surface area contributed by atoms with Crippen LogP contribution in [0, 0.1) is 5.92 Å². The summed E-state index contributed by atoms with van der Waals surface area (Å²) in [4.78, 5) is 25.7. The molecule has 1 atom stereocenters. The van der Waals surface area contributed by atoms with Gasteiger partial charge in [0.1, 0.15) is 5.60 Å². The topological polar surface area (TPSA) is 67.4 Å². The van der Waals surface area contributed by atoms with Crippen LogP contribution in [0.3, 0.4) is 0 Å². The van der Waals surface area contributed by atoms with Crippen molar-refractivity contribution in [3.05, 3.63) is 28.8 Å². The monoisotopic (exact) mass is 400 g/mol. The van der Waals surface area contributed by atoms with Crippen LogP contribution >= 0.6 is 23.4 Å². The summed E-state index contributed by atoms with van der Waals surface area (Å²) in [7, 11) is 0. The molecule has 26 heavy (non-hydrogen) atoms. The third-order valence-electron chi connectivity index (χ3n) is 4.09. The molecule has 2 amide bonds. The largest absolute Gasteiger partial charge is 0.444 e. The maximum Gasteiger partial charge on any atom is 0.407 e. The van der Waals surface area contributed by atoms with Crippen molar-refractivity contribution < 1.29 is 14.3 Å². The first-order valence-electron chi connectivity index (χ1n) is 8.51. The van der Waals surface area contributed by atoms with Crippen LogP contribution in [0.5, 0.6) is 0 Å². The summed E-state index contributed by atoms with van der Waals surface area (Å²) < 4.78 is 5.27. The normalized spacial score (nSPS) is 13.9. The summed E-state index contributed by atoms with van der Waals surface area (Å²) in [5.41, 5.74) is -0.817. The second kappa shape index (κ2) is 9.00. The van der Waals surface area contributed by atoms with Gasteiger partial charge in [-0.2, -0.15) is 0 Å². The molecule has 0 heterocycles. The van der Waals surface area contributed by atoms with Gasteiger partial charge in [0, 0.05) is 11.4 Å². The van der Waals surface area contributed by atoms with Crippen LogP contribution in [0.1, 0.15) is 51.9 Å². The lowest BCUT2D eigenvalue weighted by atomic mass is 9.88. The lowest BCUT2D eigenvalue weighted by Gasteiger charge is -2.35. The molecule has 0 aliphatic rings. The molecule has 0 radical (unpaired) electrons. The molecule has 1 aromatic rings. The number of amides is 2. The van der Waals surface area contributed by atoms with Gasteiger partial charge in [-0.25, -0.2) is 4.79 Å². The van der Waals surface area contributed by atoms with Crippen molar-refractivity contribution in [2.24, 2.45) is 5.92 Å². The fourth-order valence-electron chi connectivity index (χ4n) is 2.09. The standard InChI is InChI=1S/C19H29ClN2O3S/c1-12(2)19(6,11-21-17(24)25-18(3,4)5)22-16(23)14-10-13(26-7)8-9-15(14)20/h8-10,12H,11H2,1-7H3,(H,21,24)(H,22,23). The molecule has 146 valence electrons. The van der Waals surface area contributed by atoms with Gasteiger partial charge in [-0.1, -0.05) is 25.4 Å². The second-order valence-corrected chi connectivity index (χ2v) is 9.01. The molecule has 0 fully saturated rings. The van der Waals surface area contributed by atoms with E-state index >= 15 is 0 Å². The van der Waals surface area contributed by atoms with E-state index in [0.717, 1.165) is 4.90 Å².